The van der Waals surface area contributed by atoms with Gasteiger partial charge in [0.2, 0.25) is 0 Å². The lowest BCUT2D eigenvalue weighted by atomic mass is 10.1. The summed E-state index contributed by atoms with van der Waals surface area (Å²) in [7, 11) is 0. The van der Waals surface area contributed by atoms with Crippen LogP contribution in [0.1, 0.15) is 26.3 Å². The number of carbonyl (C=O) groups excluding carboxylic acids is 1. The summed E-state index contributed by atoms with van der Waals surface area (Å²) < 4.78 is 0. The lowest BCUT2D eigenvalue weighted by Gasteiger charge is -2.08. The van der Waals surface area contributed by atoms with Crippen molar-refractivity contribution in [1.29, 1.82) is 0 Å². The Morgan fingerprint density at radius 3 is 2.29 bits per heavy atom. The lowest BCUT2D eigenvalue weighted by molar-refractivity contribution is 0.0693. The van der Waals surface area contributed by atoms with E-state index in [1.54, 1.807) is 6.92 Å². The van der Waals surface area contributed by atoms with Gasteiger partial charge in [0.25, 0.3) is 5.91 Å². The number of hydrogen-bond acceptors (Lipinski definition) is 4. The van der Waals surface area contributed by atoms with Crippen LogP contribution in [0.4, 0.5) is 5.69 Å². The van der Waals surface area contributed by atoms with E-state index < -0.39 is 11.9 Å². The predicted molar refractivity (Wildman–Crippen MR) is 75.9 cm³/mol. The summed E-state index contributed by atoms with van der Waals surface area (Å²) >= 11 is 0. The molecule has 0 heterocycles. The molecule has 0 saturated carbocycles. The Hall–Kier alpha value is -3.02. The summed E-state index contributed by atoms with van der Waals surface area (Å²) in [6, 6.07) is 8.14. The minimum atomic E-state index is -1.29. The van der Waals surface area contributed by atoms with Crippen molar-refractivity contribution in [2.75, 3.05) is 5.32 Å². The lowest BCUT2D eigenvalue weighted by Crippen LogP contribution is -2.12. The first kappa shape index (κ1) is 14.4. The van der Waals surface area contributed by atoms with Crippen LogP contribution < -0.4 is 5.32 Å². The van der Waals surface area contributed by atoms with Crippen molar-refractivity contribution in [3.63, 3.8) is 0 Å². The molecular formula is C15H13NO5. The zero-order valence-electron chi connectivity index (χ0n) is 11.1. The summed E-state index contributed by atoms with van der Waals surface area (Å²) in [6.45, 7) is 1.66. The van der Waals surface area contributed by atoms with Crippen LogP contribution in [0.25, 0.3) is 0 Å². The Morgan fingerprint density at radius 2 is 1.67 bits per heavy atom. The van der Waals surface area contributed by atoms with Crippen LogP contribution in [0.3, 0.4) is 0 Å². The fourth-order valence-corrected chi connectivity index (χ4v) is 1.79. The Labute approximate surface area is 120 Å². The second kappa shape index (κ2) is 5.54. The largest absolute Gasteiger partial charge is 0.508 e. The number of benzene rings is 2. The van der Waals surface area contributed by atoms with Gasteiger partial charge in [0, 0.05) is 11.3 Å². The summed E-state index contributed by atoms with van der Waals surface area (Å²) in [5, 5.41) is 30.3. The third-order valence-corrected chi connectivity index (χ3v) is 2.94. The van der Waals surface area contributed by atoms with Crippen molar-refractivity contribution < 1.29 is 24.9 Å². The van der Waals surface area contributed by atoms with Gasteiger partial charge in [-0.15, -0.1) is 0 Å². The predicted octanol–water partition coefficient (Wildman–Crippen LogP) is 2.36. The number of rotatable bonds is 3. The molecule has 2 aromatic carbocycles. The number of nitrogens with one attached hydrogen (secondary N) is 1. The first-order valence-corrected chi connectivity index (χ1v) is 6.06. The number of amides is 1. The van der Waals surface area contributed by atoms with Crippen molar-refractivity contribution >= 4 is 17.6 Å². The molecule has 4 N–H and O–H groups in total. The molecule has 6 heteroatoms. The highest BCUT2D eigenvalue weighted by atomic mass is 16.4. The van der Waals surface area contributed by atoms with Crippen molar-refractivity contribution in [2.45, 2.75) is 6.92 Å². The van der Waals surface area contributed by atoms with Crippen molar-refractivity contribution in [1.82, 2.24) is 0 Å². The highest BCUT2D eigenvalue weighted by molar-refractivity contribution is 6.05. The molecule has 0 spiro atoms. The minimum Gasteiger partial charge on any atom is -0.508 e. The van der Waals surface area contributed by atoms with Gasteiger partial charge in [-0.3, -0.25) is 4.79 Å². The number of aryl methyl sites for hydroxylation is 1. The molecule has 21 heavy (non-hydrogen) atoms. The van der Waals surface area contributed by atoms with E-state index in [0.717, 1.165) is 0 Å². The van der Waals surface area contributed by atoms with Gasteiger partial charge in [-0.2, -0.15) is 0 Å². The number of carboxylic acids is 1. The highest BCUT2D eigenvalue weighted by Gasteiger charge is 2.13. The first-order valence-electron chi connectivity index (χ1n) is 6.06. The third kappa shape index (κ3) is 3.11. The van der Waals surface area contributed by atoms with Gasteiger partial charge in [-0.1, -0.05) is 0 Å². The van der Waals surface area contributed by atoms with Crippen molar-refractivity contribution in [2.24, 2.45) is 0 Å². The molecular weight excluding hydrogens is 274 g/mol. The fraction of sp³-hybridized carbons (Fsp3) is 0.0667. The van der Waals surface area contributed by atoms with Crippen LogP contribution in [0.2, 0.25) is 0 Å². The van der Waals surface area contributed by atoms with Crippen molar-refractivity contribution in [3.05, 3.63) is 53.1 Å². The van der Waals surface area contributed by atoms with Crippen LogP contribution in [0.15, 0.2) is 36.4 Å². The summed E-state index contributed by atoms with van der Waals surface area (Å²) in [6.07, 6.45) is 0. The normalized spacial score (nSPS) is 10.1. The molecule has 2 aromatic rings. The Bertz CT molecular complexity index is 724. The van der Waals surface area contributed by atoms with Crippen LogP contribution in [0, 0.1) is 6.92 Å². The number of aromatic carboxylic acids is 1. The van der Waals surface area contributed by atoms with Gasteiger partial charge in [0.15, 0.2) is 0 Å². The minimum absolute atomic E-state index is 0.0874. The molecule has 0 atom stereocenters. The third-order valence-electron chi connectivity index (χ3n) is 2.94. The number of phenolic OH excluding ortho intramolecular Hbond substituents is 1. The molecule has 0 saturated heterocycles. The molecule has 0 aliphatic carbocycles. The van der Waals surface area contributed by atoms with Gasteiger partial charge >= 0.3 is 5.97 Å². The van der Waals surface area contributed by atoms with E-state index in [1.807, 2.05) is 0 Å². The molecule has 0 bridgehead atoms. The summed E-state index contributed by atoms with van der Waals surface area (Å²) in [5.74, 6) is -2.02. The second-order valence-corrected chi connectivity index (χ2v) is 4.49. The maximum atomic E-state index is 12.0. The average Bonchev–Trinajstić information content (AvgIpc) is 2.43. The summed E-state index contributed by atoms with van der Waals surface area (Å²) in [5.41, 5.74) is 0.838. The van der Waals surface area contributed by atoms with Gasteiger partial charge in [0.1, 0.15) is 17.1 Å². The average molecular weight is 287 g/mol. The summed E-state index contributed by atoms with van der Waals surface area (Å²) in [4.78, 5) is 23.0. The van der Waals surface area contributed by atoms with Gasteiger partial charge in [0.05, 0.1) is 0 Å². The molecule has 2 rings (SSSR count). The molecule has 1 amide bonds. The van der Waals surface area contributed by atoms with Gasteiger partial charge in [-0.05, 0) is 48.9 Å². The zero-order chi connectivity index (χ0) is 15.6. The quantitative estimate of drug-likeness (QED) is 0.648. The standard InChI is InChI=1S/C15H13NO5/c1-8-6-9(2-4-12(8)17)14(19)16-10-3-5-13(18)11(7-10)15(20)21/h2-7,17-18H,1H3,(H,16,19)(H,20,21). The van der Waals surface area contributed by atoms with E-state index in [4.69, 9.17) is 5.11 Å². The van der Waals surface area contributed by atoms with Gasteiger partial charge < -0.3 is 20.6 Å². The second-order valence-electron chi connectivity index (χ2n) is 4.49. The Balaban J connectivity index is 2.25. The van der Waals surface area contributed by atoms with Crippen LogP contribution in [-0.4, -0.2) is 27.2 Å². The number of carboxylic acid groups (broad SMARTS) is 1. The Kier molecular flexibility index (Phi) is 3.80. The van der Waals surface area contributed by atoms with E-state index in [2.05, 4.69) is 5.32 Å². The number of carbonyl (C=O) groups is 2. The van der Waals surface area contributed by atoms with Gasteiger partial charge in [-0.25, -0.2) is 4.79 Å². The number of anilines is 1. The number of phenols is 2. The van der Waals surface area contributed by atoms with E-state index in [1.165, 1.54) is 36.4 Å². The van der Waals surface area contributed by atoms with Crippen molar-refractivity contribution in [3.8, 4) is 11.5 Å². The number of hydrogen-bond donors (Lipinski definition) is 4. The Morgan fingerprint density at radius 1 is 1.00 bits per heavy atom. The molecule has 0 radical (unpaired) electrons. The maximum absolute atomic E-state index is 12.0. The molecule has 6 nitrogen and oxygen atoms in total. The topological polar surface area (TPSA) is 107 Å². The highest BCUT2D eigenvalue weighted by Crippen LogP contribution is 2.22. The molecule has 0 unspecified atom stereocenters. The first-order chi connectivity index (χ1) is 9.88. The van der Waals surface area contributed by atoms with E-state index in [9.17, 15) is 19.8 Å². The van der Waals surface area contributed by atoms with Crippen LogP contribution >= 0.6 is 0 Å². The zero-order valence-corrected chi connectivity index (χ0v) is 11.1. The number of aromatic hydroxyl groups is 2. The van der Waals surface area contributed by atoms with E-state index >= 15 is 0 Å². The smallest absolute Gasteiger partial charge is 0.339 e. The molecule has 0 aliphatic heterocycles. The maximum Gasteiger partial charge on any atom is 0.339 e. The van der Waals surface area contributed by atoms with Crippen LogP contribution in [-0.2, 0) is 0 Å². The monoisotopic (exact) mass is 287 g/mol. The van der Waals surface area contributed by atoms with Crippen LogP contribution in [0.5, 0.6) is 11.5 Å². The fourth-order valence-electron chi connectivity index (χ4n) is 1.79. The molecule has 0 aromatic heterocycles. The molecule has 0 aliphatic rings. The molecule has 108 valence electrons. The SMILES string of the molecule is Cc1cc(C(=O)Nc2ccc(O)c(C(=O)O)c2)ccc1O. The van der Waals surface area contributed by atoms with E-state index in [0.29, 0.717) is 11.1 Å². The molecule has 0 fully saturated rings. The van der Waals surface area contributed by atoms with E-state index in [-0.39, 0.29) is 22.7 Å².